The number of carbonyl (C=O) groups is 2. The van der Waals surface area contributed by atoms with Gasteiger partial charge >= 0.3 is 6.09 Å². The van der Waals surface area contributed by atoms with Crippen LogP contribution in [-0.2, 0) is 4.74 Å². The molecule has 0 bridgehead atoms. The highest BCUT2D eigenvalue weighted by Gasteiger charge is 2.04. The van der Waals surface area contributed by atoms with Gasteiger partial charge in [0.05, 0.1) is 7.11 Å². The van der Waals surface area contributed by atoms with E-state index in [9.17, 15) is 9.59 Å². The van der Waals surface area contributed by atoms with Gasteiger partial charge in [0.2, 0.25) is 0 Å². The summed E-state index contributed by atoms with van der Waals surface area (Å²) in [7, 11) is 1.32. The van der Waals surface area contributed by atoms with Crippen molar-refractivity contribution in [2.75, 3.05) is 12.4 Å². The quantitative estimate of drug-likeness (QED) is 0.858. The maximum atomic E-state index is 11.6. The fourth-order valence-corrected chi connectivity index (χ4v) is 1.97. The number of benzene rings is 2. The van der Waals surface area contributed by atoms with Crippen LogP contribution in [0.2, 0.25) is 0 Å². The number of carbonyl (C=O) groups excluding carboxylic acids is 2. The minimum atomic E-state index is -0.495. The molecule has 4 heteroatoms. The van der Waals surface area contributed by atoms with Crippen molar-refractivity contribution in [2.45, 2.75) is 13.3 Å². The van der Waals surface area contributed by atoms with Gasteiger partial charge in [-0.1, -0.05) is 43.3 Å². The largest absolute Gasteiger partial charge is 0.453 e. The van der Waals surface area contributed by atoms with Gasteiger partial charge in [-0.25, -0.2) is 4.79 Å². The lowest BCUT2D eigenvalue weighted by Gasteiger charge is -2.06. The van der Waals surface area contributed by atoms with Gasteiger partial charge in [-0.2, -0.15) is 0 Å². The summed E-state index contributed by atoms with van der Waals surface area (Å²) in [4.78, 5) is 22.7. The second kappa shape index (κ2) is 6.70. The summed E-state index contributed by atoms with van der Waals surface area (Å²) in [6.07, 6.45) is 0.0120. The molecule has 2 rings (SSSR count). The zero-order chi connectivity index (χ0) is 15.2. The van der Waals surface area contributed by atoms with E-state index < -0.39 is 6.09 Å². The molecule has 0 radical (unpaired) electrons. The molecular formula is C17H17NO3. The topological polar surface area (TPSA) is 55.4 Å². The van der Waals surface area contributed by atoms with Gasteiger partial charge in [0.15, 0.2) is 5.78 Å². The number of ether oxygens (including phenoxy) is 1. The second-order valence-corrected chi connectivity index (χ2v) is 4.55. The Morgan fingerprint density at radius 1 is 0.952 bits per heavy atom. The minimum absolute atomic E-state index is 0.138. The molecule has 4 nitrogen and oxygen atoms in total. The molecule has 1 amide bonds. The van der Waals surface area contributed by atoms with Gasteiger partial charge in [0.1, 0.15) is 0 Å². The molecule has 0 aliphatic heterocycles. The molecule has 0 saturated carbocycles. The van der Waals surface area contributed by atoms with Crippen LogP contribution in [0.15, 0.2) is 48.5 Å². The first kappa shape index (κ1) is 14.8. The highest BCUT2D eigenvalue weighted by atomic mass is 16.5. The van der Waals surface area contributed by atoms with Crippen molar-refractivity contribution in [2.24, 2.45) is 0 Å². The Morgan fingerprint density at radius 3 is 1.95 bits per heavy atom. The zero-order valence-electron chi connectivity index (χ0n) is 12.1. The van der Waals surface area contributed by atoms with Gasteiger partial charge in [-0.3, -0.25) is 10.1 Å². The van der Waals surface area contributed by atoms with Crippen molar-refractivity contribution in [1.29, 1.82) is 0 Å². The van der Waals surface area contributed by atoms with Crippen LogP contribution < -0.4 is 5.32 Å². The average Bonchev–Trinajstić information content (AvgIpc) is 2.55. The predicted molar refractivity (Wildman–Crippen MR) is 82.5 cm³/mol. The maximum absolute atomic E-state index is 11.6. The number of methoxy groups -OCH3 is 1. The van der Waals surface area contributed by atoms with Crippen LogP contribution in [0, 0.1) is 0 Å². The van der Waals surface area contributed by atoms with Crippen molar-refractivity contribution >= 4 is 17.6 Å². The van der Waals surface area contributed by atoms with Crippen LogP contribution in [0.25, 0.3) is 11.1 Å². The van der Waals surface area contributed by atoms with Crippen molar-refractivity contribution < 1.29 is 14.3 Å². The van der Waals surface area contributed by atoms with Crippen molar-refractivity contribution in [3.8, 4) is 11.1 Å². The zero-order valence-corrected chi connectivity index (χ0v) is 12.1. The number of hydrogen-bond donors (Lipinski definition) is 1. The van der Waals surface area contributed by atoms with E-state index in [1.54, 1.807) is 12.1 Å². The van der Waals surface area contributed by atoms with E-state index in [1.807, 2.05) is 43.3 Å². The van der Waals surface area contributed by atoms with E-state index in [1.165, 1.54) is 7.11 Å². The lowest BCUT2D eigenvalue weighted by atomic mass is 10.0. The van der Waals surface area contributed by atoms with E-state index in [2.05, 4.69) is 10.1 Å². The van der Waals surface area contributed by atoms with Crippen molar-refractivity contribution in [3.63, 3.8) is 0 Å². The van der Waals surface area contributed by atoms with Crippen LogP contribution in [-0.4, -0.2) is 19.0 Å². The first-order chi connectivity index (χ1) is 10.1. The average molecular weight is 283 g/mol. The van der Waals surface area contributed by atoms with Crippen LogP contribution >= 0.6 is 0 Å². The van der Waals surface area contributed by atoms with Gasteiger partial charge in [-0.05, 0) is 23.3 Å². The monoisotopic (exact) mass is 283 g/mol. The Morgan fingerprint density at radius 2 is 1.48 bits per heavy atom. The lowest BCUT2D eigenvalue weighted by Crippen LogP contribution is -2.10. The Labute approximate surface area is 123 Å². The van der Waals surface area contributed by atoms with Crippen LogP contribution in [0.5, 0.6) is 0 Å². The Kier molecular flexibility index (Phi) is 4.72. The Bertz CT molecular complexity index is 630. The summed E-state index contributed by atoms with van der Waals surface area (Å²) in [5.41, 5.74) is 3.43. The van der Waals surface area contributed by atoms with Crippen LogP contribution in [0.3, 0.4) is 0 Å². The second-order valence-electron chi connectivity index (χ2n) is 4.55. The van der Waals surface area contributed by atoms with Crippen LogP contribution in [0.1, 0.15) is 23.7 Å². The highest BCUT2D eigenvalue weighted by molar-refractivity contribution is 5.96. The van der Waals surface area contributed by atoms with Gasteiger partial charge in [0, 0.05) is 17.7 Å². The molecule has 0 unspecified atom stereocenters. The number of Topliss-reactive ketones (excluding diaryl/α,β-unsaturated/α-hetero) is 1. The third kappa shape index (κ3) is 3.69. The third-order valence-electron chi connectivity index (χ3n) is 3.18. The molecule has 21 heavy (non-hydrogen) atoms. The Balaban J connectivity index is 2.15. The van der Waals surface area contributed by atoms with Gasteiger partial charge < -0.3 is 4.74 Å². The van der Waals surface area contributed by atoms with Crippen molar-refractivity contribution in [3.05, 3.63) is 54.1 Å². The summed E-state index contributed by atoms with van der Waals surface area (Å²) in [6, 6.07) is 14.9. The molecule has 0 saturated heterocycles. The lowest BCUT2D eigenvalue weighted by molar-refractivity contribution is 0.0988. The van der Waals surface area contributed by atoms with E-state index in [0.29, 0.717) is 12.1 Å². The van der Waals surface area contributed by atoms with Crippen LogP contribution in [0.4, 0.5) is 10.5 Å². The summed E-state index contributed by atoms with van der Waals surface area (Å²) < 4.78 is 4.53. The smallest absolute Gasteiger partial charge is 0.411 e. The standard InChI is InChI=1S/C17H17NO3/c1-3-16(19)14-6-4-12(5-7-14)13-8-10-15(11-9-13)18-17(20)21-2/h4-11H,3H2,1-2H3,(H,18,20). The van der Waals surface area contributed by atoms with Gasteiger partial charge in [0.25, 0.3) is 0 Å². The first-order valence-corrected chi connectivity index (χ1v) is 6.72. The molecule has 0 spiro atoms. The number of hydrogen-bond acceptors (Lipinski definition) is 3. The molecule has 2 aromatic rings. The van der Waals surface area contributed by atoms with Crippen molar-refractivity contribution in [1.82, 2.24) is 0 Å². The summed E-state index contributed by atoms with van der Waals surface area (Å²) >= 11 is 0. The molecule has 1 N–H and O–H groups in total. The maximum Gasteiger partial charge on any atom is 0.411 e. The number of amides is 1. The molecule has 0 aliphatic rings. The first-order valence-electron chi connectivity index (χ1n) is 6.72. The minimum Gasteiger partial charge on any atom is -0.453 e. The summed E-state index contributed by atoms with van der Waals surface area (Å²) in [5, 5.41) is 2.60. The Hall–Kier alpha value is -2.62. The summed E-state index contributed by atoms with van der Waals surface area (Å²) in [5.74, 6) is 0.138. The number of nitrogens with one attached hydrogen (secondary N) is 1. The molecule has 0 atom stereocenters. The normalized spacial score (nSPS) is 10.0. The predicted octanol–water partition coefficient (Wildman–Crippen LogP) is 4.12. The highest BCUT2D eigenvalue weighted by Crippen LogP contribution is 2.22. The molecule has 2 aromatic carbocycles. The van der Waals surface area contributed by atoms with E-state index in [0.717, 1.165) is 16.7 Å². The molecule has 108 valence electrons. The molecule has 0 fully saturated rings. The molecule has 0 aromatic heterocycles. The number of anilines is 1. The number of ketones is 1. The third-order valence-corrected chi connectivity index (χ3v) is 3.18. The molecule has 0 aliphatic carbocycles. The molecule has 0 heterocycles. The van der Waals surface area contributed by atoms with Gasteiger partial charge in [-0.15, -0.1) is 0 Å². The number of rotatable bonds is 4. The summed E-state index contributed by atoms with van der Waals surface area (Å²) in [6.45, 7) is 1.85. The van der Waals surface area contributed by atoms with E-state index >= 15 is 0 Å². The fourth-order valence-electron chi connectivity index (χ4n) is 1.97. The van der Waals surface area contributed by atoms with E-state index in [4.69, 9.17) is 0 Å². The van der Waals surface area contributed by atoms with E-state index in [-0.39, 0.29) is 5.78 Å². The SMILES string of the molecule is CCC(=O)c1ccc(-c2ccc(NC(=O)OC)cc2)cc1. The fraction of sp³-hybridized carbons (Fsp3) is 0.176. The molecular weight excluding hydrogens is 266 g/mol.